The van der Waals surface area contributed by atoms with Gasteiger partial charge in [-0.3, -0.25) is 0 Å². The first kappa shape index (κ1) is 8.93. The second kappa shape index (κ2) is 3.49. The number of hydrogen-bond acceptors (Lipinski definition) is 4. The van der Waals surface area contributed by atoms with Gasteiger partial charge in [-0.25, -0.2) is 0 Å². The van der Waals surface area contributed by atoms with Gasteiger partial charge in [0.25, 0.3) is 0 Å². The summed E-state index contributed by atoms with van der Waals surface area (Å²) >= 11 is 0. The fraction of sp³-hybridized carbons (Fsp3) is 1.00. The van der Waals surface area contributed by atoms with Crippen LogP contribution in [0.2, 0.25) is 0 Å². The molecular formula is C7H14O4. The molecule has 0 amide bonds. The number of ether oxygens (including phenoxy) is 2. The lowest BCUT2D eigenvalue weighted by molar-refractivity contribution is -0.232. The van der Waals surface area contributed by atoms with Gasteiger partial charge in [0, 0.05) is 13.5 Å². The summed E-state index contributed by atoms with van der Waals surface area (Å²) in [5, 5.41) is 18.4. The molecule has 1 fully saturated rings. The van der Waals surface area contributed by atoms with Gasteiger partial charge in [0.1, 0.15) is 6.10 Å². The highest BCUT2D eigenvalue weighted by Crippen LogP contribution is 2.20. The Hall–Kier alpha value is -0.160. The first-order valence-electron chi connectivity index (χ1n) is 3.69. The van der Waals surface area contributed by atoms with Gasteiger partial charge in [-0.1, -0.05) is 0 Å². The van der Waals surface area contributed by atoms with E-state index in [1.807, 2.05) is 0 Å². The minimum absolute atomic E-state index is 0.225. The summed E-state index contributed by atoms with van der Waals surface area (Å²) < 4.78 is 10.0. The molecule has 66 valence electrons. The highest BCUT2D eigenvalue weighted by Gasteiger charge is 2.34. The molecular weight excluding hydrogens is 148 g/mol. The molecule has 1 heterocycles. The Labute approximate surface area is 65.7 Å². The molecule has 1 rings (SSSR count). The molecule has 0 aromatic heterocycles. The molecule has 0 saturated carbocycles. The van der Waals surface area contributed by atoms with Gasteiger partial charge in [0.2, 0.25) is 0 Å². The van der Waals surface area contributed by atoms with Gasteiger partial charge in [0.05, 0.1) is 12.2 Å². The zero-order valence-corrected chi connectivity index (χ0v) is 6.73. The van der Waals surface area contributed by atoms with Crippen molar-refractivity contribution in [3.8, 4) is 0 Å². The predicted octanol–water partition coefficient (Wildman–Crippen LogP) is -0.510. The van der Waals surface area contributed by atoms with Crippen molar-refractivity contribution in [2.45, 2.75) is 37.9 Å². The summed E-state index contributed by atoms with van der Waals surface area (Å²) in [6, 6.07) is 0. The molecule has 4 nitrogen and oxygen atoms in total. The fourth-order valence-electron chi connectivity index (χ4n) is 1.38. The standard InChI is InChI=1S/C7H14O4/c1-4-7(10-2)5(8)3-6(9)11-4/h4-9H,3H2,1-2H3/t4-,5-,6+,7+/m1/s1. The molecule has 0 aliphatic carbocycles. The highest BCUT2D eigenvalue weighted by molar-refractivity contribution is 4.80. The summed E-state index contributed by atoms with van der Waals surface area (Å²) in [4.78, 5) is 0. The van der Waals surface area contributed by atoms with Crippen LogP contribution in [0.15, 0.2) is 0 Å². The van der Waals surface area contributed by atoms with E-state index in [4.69, 9.17) is 14.6 Å². The minimum Gasteiger partial charge on any atom is -0.390 e. The molecule has 0 spiro atoms. The summed E-state index contributed by atoms with van der Waals surface area (Å²) in [7, 11) is 1.52. The van der Waals surface area contributed by atoms with Crippen molar-refractivity contribution in [3.63, 3.8) is 0 Å². The fourth-order valence-corrected chi connectivity index (χ4v) is 1.38. The second-order valence-corrected chi connectivity index (χ2v) is 2.80. The lowest BCUT2D eigenvalue weighted by Gasteiger charge is -2.34. The van der Waals surface area contributed by atoms with E-state index in [1.165, 1.54) is 7.11 Å². The summed E-state index contributed by atoms with van der Waals surface area (Å²) in [6.07, 6.45) is -1.83. The summed E-state index contributed by atoms with van der Waals surface area (Å²) in [5.74, 6) is 0. The Morgan fingerprint density at radius 3 is 2.55 bits per heavy atom. The van der Waals surface area contributed by atoms with E-state index in [1.54, 1.807) is 6.92 Å². The van der Waals surface area contributed by atoms with Crippen molar-refractivity contribution in [3.05, 3.63) is 0 Å². The minimum atomic E-state index is -0.855. The summed E-state index contributed by atoms with van der Waals surface area (Å²) in [6.45, 7) is 1.76. The van der Waals surface area contributed by atoms with Crippen LogP contribution in [0.1, 0.15) is 13.3 Å². The maximum absolute atomic E-state index is 9.34. The molecule has 2 N–H and O–H groups in total. The van der Waals surface area contributed by atoms with Crippen LogP contribution in [0.5, 0.6) is 0 Å². The SMILES string of the molecule is CO[C@@H]1[C@H](O)C[C@@H](O)O[C@@H]1C. The molecule has 0 aromatic rings. The van der Waals surface area contributed by atoms with Gasteiger partial charge in [0.15, 0.2) is 6.29 Å². The smallest absolute Gasteiger partial charge is 0.157 e. The monoisotopic (exact) mass is 162 g/mol. The van der Waals surface area contributed by atoms with Gasteiger partial charge in [-0.2, -0.15) is 0 Å². The first-order valence-corrected chi connectivity index (χ1v) is 3.69. The van der Waals surface area contributed by atoms with Crippen LogP contribution in [0.3, 0.4) is 0 Å². The molecule has 0 radical (unpaired) electrons. The number of rotatable bonds is 1. The van der Waals surface area contributed by atoms with E-state index in [2.05, 4.69) is 0 Å². The third kappa shape index (κ3) is 1.90. The average molecular weight is 162 g/mol. The molecule has 0 aromatic carbocycles. The van der Waals surface area contributed by atoms with Gasteiger partial charge >= 0.3 is 0 Å². The number of methoxy groups -OCH3 is 1. The molecule has 1 aliphatic heterocycles. The van der Waals surface area contributed by atoms with Crippen molar-refractivity contribution in [2.24, 2.45) is 0 Å². The third-order valence-electron chi connectivity index (χ3n) is 1.93. The lowest BCUT2D eigenvalue weighted by atomic mass is 10.0. The van der Waals surface area contributed by atoms with E-state index >= 15 is 0 Å². The zero-order chi connectivity index (χ0) is 8.43. The third-order valence-corrected chi connectivity index (χ3v) is 1.93. The van der Waals surface area contributed by atoms with E-state index in [0.29, 0.717) is 0 Å². The van der Waals surface area contributed by atoms with E-state index < -0.39 is 12.4 Å². The molecule has 11 heavy (non-hydrogen) atoms. The van der Waals surface area contributed by atoms with Crippen LogP contribution >= 0.6 is 0 Å². The Bertz CT molecular complexity index is 116. The van der Waals surface area contributed by atoms with Gasteiger partial charge in [-0.05, 0) is 6.92 Å². The topological polar surface area (TPSA) is 58.9 Å². The van der Waals surface area contributed by atoms with Crippen LogP contribution in [0.25, 0.3) is 0 Å². The number of aliphatic hydroxyl groups excluding tert-OH is 2. The number of aliphatic hydroxyl groups is 2. The van der Waals surface area contributed by atoms with Gasteiger partial charge in [-0.15, -0.1) is 0 Å². The molecule has 4 heteroatoms. The maximum Gasteiger partial charge on any atom is 0.157 e. The average Bonchev–Trinajstić information content (AvgIpc) is 1.85. The Morgan fingerprint density at radius 2 is 2.09 bits per heavy atom. The van der Waals surface area contributed by atoms with Crippen molar-refractivity contribution in [1.29, 1.82) is 0 Å². The van der Waals surface area contributed by atoms with Crippen LogP contribution in [-0.4, -0.2) is 41.9 Å². The van der Waals surface area contributed by atoms with E-state index in [-0.39, 0.29) is 18.6 Å². The van der Waals surface area contributed by atoms with E-state index in [0.717, 1.165) is 0 Å². The molecule has 4 atom stereocenters. The summed E-state index contributed by atoms with van der Waals surface area (Å²) in [5.41, 5.74) is 0. The second-order valence-electron chi connectivity index (χ2n) is 2.80. The molecule has 0 unspecified atom stereocenters. The van der Waals surface area contributed by atoms with Crippen molar-refractivity contribution in [2.75, 3.05) is 7.11 Å². The zero-order valence-electron chi connectivity index (χ0n) is 6.73. The normalized spacial score (nSPS) is 45.8. The molecule has 1 aliphatic rings. The van der Waals surface area contributed by atoms with Crippen molar-refractivity contribution >= 4 is 0 Å². The first-order chi connectivity index (χ1) is 5.15. The molecule has 0 bridgehead atoms. The van der Waals surface area contributed by atoms with E-state index in [9.17, 15) is 5.11 Å². The highest BCUT2D eigenvalue weighted by atomic mass is 16.6. The van der Waals surface area contributed by atoms with Crippen LogP contribution < -0.4 is 0 Å². The van der Waals surface area contributed by atoms with Crippen LogP contribution in [0.4, 0.5) is 0 Å². The Kier molecular flexibility index (Phi) is 2.84. The van der Waals surface area contributed by atoms with Crippen molar-refractivity contribution in [1.82, 2.24) is 0 Å². The lowest BCUT2D eigenvalue weighted by Crippen LogP contribution is -2.47. The largest absolute Gasteiger partial charge is 0.390 e. The Balaban J connectivity index is 2.52. The predicted molar refractivity (Wildman–Crippen MR) is 38.0 cm³/mol. The maximum atomic E-state index is 9.34. The van der Waals surface area contributed by atoms with Crippen molar-refractivity contribution < 1.29 is 19.7 Å². The number of hydrogen-bond donors (Lipinski definition) is 2. The molecule has 1 saturated heterocycles. The van der Waals surface area contributed by atoms with Gasteiger partial charge < -0.3 is 19.7 Å². The van der Waals surface area contributed by atoms with Crippen LogP contribution in [-0.2, 0) is 9.47 Å². The Morgan fingerprint density at radius 1 is 1.45 bits per heavy atom. The quantitative estimate of drug-likeness (QED) is 0.545. The van der Waals surface area contributed by atoms with Crippen LogP contribution in [0, 0.1) is 0 Å².